The van der Waals surface area contributed by atoms with Gasteiger partial charge in [-0.15, -0.1) is 0 Å². The minimum atomic E-state index is -4.28. The van der Waals surface area contributed by atoms with Gasteiger partial charge in [0.2, 0.25) is 0 Å². The smallest absolute Gasteiger partial charge is 0.381 e. The number of anilines is 2. The molecule has 1 saturated carbocycles. The molecule has 0 radical (unpaired) electrons. The maximum absolute atomic E-state index is 12.9. The second-order valence-corrected chi connectivity index (χ2v) is 5.93. The Labute approximate surface area is 117 Å². The highest BCUT2D eigenvalue weighted by Gasteiger charge is 2.41. The Morgan fingerprint density at radius 1 is 1.15 bits per heavy atom. The fourth-order valence-electron chi connectivity index (χ4n) is 3.49. The molecule has 20 heavy (non-hydrogen) atoms. The van der Waals surface area contributed by atoms with E-state index < -0.39 is 11.7 Å². The Hall–Kier alpha value is -1.39. The molecule has 1 N–H and O–H groups in total. The molecule has 1 aromatic rings. The first-order valence-electron chi connectivity index (χ1n) is 7.11. The van der Waals surface area contributed by atoms with Crippen LogP contribution in [-0.4, -0.2) is 19.1 Å². The van der Waals surface area contributed by atoms with Crippen LogP contribution in [0, 0.1) is 0 Å². The van der Waals surface area contributed by atoms with Crippen LogP contribution in [0.1, 0.15) is 37.7 Å². The molecule has 1 heterocycles. The zero-order chi connectivity index (χ0) is 14.4. The number of nitrogens with one attached hydrogen (secondary N) is 1. The topological polar surface area (TPSA) is 15.3 Å². The Morgan fingerprint density at radius 2 is 1.85 bits per heavy atom. The van der Waals surface area contributed by atoms with E-state index in [-0.39, 0.29) is 5.54 Å². The van der Waals surface area contributed by atoms with Gasteiger partial charge in [-0.25, -0.2) is 0 Å². The molecule has 110 valence electrons. The van der Waals surface area contributed by atoms with E-state index in [1.54, 1.807) is 6.07 Å². The van der Waals surface area contributed by atoms with E-state index in [1.807, 2.05) is 7.05 Å². The van der Waals surface area contributed by atoms with E-state index in [4.69, 9.17) is 0 Å². The summed E-state index contributed by atoms with van der Waals surface area (Å²) in [5.41, 5.74) is 0.887. The number of likely N-dealkylation sites (N-methyl/N-ethyl adjacent to an activating group) is 1. The van der Waals surface area contributed by atoms with Gasteiger partial charge in [-0.05, 0) is 31.0 Å². The van der Waals surface area contributed by atoms with E-state index in [0.29, 0.717) is 5.69 Å². The fourth-order valence-corrected chi connectivity index (χ4v) is 3.49. The number of hydrogen-bond acceptors (Lipinski definition) is 2. The van der Waals surface area contributed by atoms with Crippen molar-refractivity contribution in [2.75, 3.05) is 23.8 Å². The van der Waals surface area contributed by atoms with Gasteiger partial charge < -0.3 is 10.2 Å². The molecule has 2 nitrogen and oxygen atoms in total. The molecule has 5 heteroatoms. The third-order valence-corrected chi connectivity index (χ3v) is 4.79. The summed E-state index contributed by atoms with van der Waals surface area (Å²) in [6.07, 6.45) is 1.34. The van der Waals surface area contributed by atoms with Crippen molar-refractivity contribution in [2.24, 2.45) is 0 Å². The molecule has 0 aromatic heterocycles. The van der Waals surface area contributed by atoms with E-state index in [9.17, 15) is 13.2 Å². The molecule has 3 rings (SSSR count). The predicted molar refractivity (Wildman–Crippen MR) is 74.2 cm³/mol. The van der Waals surface area contributed by atoms with Gasteiger partial charge in [0.25, 0.3) is 0 Å². The van der Waals surface area contributed by atoms with Crippen LogP contribution in [0.4, 0.5) is 24.5 Å². The molecule has 0 saturated heterocycles. The Balaban J connectivity index is 1.99. The van der Waals surface area contributed by atoms with Crippen LogP contribution in [0.2, 0.25) is 0 Å². The standard InChI is InChI=1S/C15H19F3N2/c1-20-13-9-11(15(16,17)18)5-6-12(13)19-10-14(20)7-3-2-4-8-14/h5-6,9,19H,2-4,7-8,10H2,1H3. The highest BCUT2D eigenvalue weighted by molar-refractivity contribution is 5.74. The second kappa shape index (κ2) is 4.57. The lowest BCUT2D eigenvalue weighted by molar-refractivity contribution is -0.137. The summed E-state index contributed by atoms with van der Waals surface area (Å²) < 4.78 is 38.6. The van der Waals surface area contributed by atoms with Gasteiger partial charge in [0.15, 0.2) is 0 Å². The number of alkyl halides is 3. The van der Waals surface area contributed by atoms with Crippen molar-refractivity contribution in [3.05, 3.63) is 23.8 Å². The van der Waals surface area contributed by atoms with Crippen molar-refractivity contribution in [1.29, 1.82) is 0 Å². The molecule has 1 fully saturated rings. The number of rotatable bonds is 0. The normalized spacial score (nSPS) is 21.5. The van der Waals surface area contributed by atoms with Gasteiger partial charge in [0.1, 0.15) is 0 Å². The van der Waals surface area contributed by atoms with Crippen LogP contribution in [-0.2, 0) is 6.18 Å². The first kappa shape index (κ1) is 13.6. The van der Waals surface area contributed by atoms with Crippen LogP contribution in [0.3, 0.4) is 0 Å². The third-order valence-electron chi connectivity index (χ3n) is 4.79. The summed E-state index contributed by atoms with van der Waals surface area (Å²) in [5.74, 6) is 0. The monoisotopic (exact) mass is 284 g/mol. The predicted octanol–water partition coefficient (Wildman–Crippen LogP) is 4.27. The highest BCUT2D eigenvalue weighted by Crippen LogP contribution is 2.44. The summed E-state index contributed by atoms with van der Waals surface area (Å²) >= 11 is 0. The van der Waals surface area contributed by atoms with Crippen molar-refractivity contribution in [3.63, 3.8) is 0 Å². The lowest BCUT2D eigenvalue weighted by atomic mass is 9.78. The van der Waals surface area contributed by atoms with Crippen molar-refractivity contribution in [2.45, 2.75) is 43.8 Å². The summed E-state index contributed by atoms with van der Waals surface area (Å²) in [6.45, 7) is 0.821. The third kappa shape index (κ3) is 2.13. The van der Waals surface area contributed by atoms with Crippen molar-refractivity contribution < 1.29 is 13.2 Å². The Bertz CT molecular complexity index is 504. The molecule has 1 aliphatic heterocycles. The summed E-state index contributed by atoms with van der Waals surface area (Å²) in [5, 5.41) is 3.32. The van der Waals surface area contributed by atoms with Crippen LogP contribution >= 0.6 is 0 Å². The zero-order valence-electron chi connectivity index (χ0n) is 11.6. The highest BCUT2D eigenvalue weighted by atomic mass is 19.4. The SMILES string of the molecule is CN1c2cc(C(F)(F)F)ccc2NCC12CCCCC2. The summed E-state index contributed by atoms with van der Waals surface area (Å²) in [4.78, 5) is 2.08. The van der Waals surface area contributed by atoms with Crippen LogP contribution in [0.5, 0.6) is 0 Å². The molecule has 1 aromatic carbocycles. The summed E-state index contributed by atoms with van der Waals surface area (Å²) in [6, 6.07) is 3.97. The van der Waals surface area contributed by atoms with E-state index in [0.717, 1.165) is 44.0 Å². The molecule has 0 amide bonds. The lowest BCUT2D eigenvalue weighted by Gasteiger charge is -2.50. The minimum Gasteiger partial charge on any atom is -0.381 e. The molecular formula is C15H19F3N2. The van der Waals surface area contributed by atoms with Crippen molar-refractivity contribution >= 4 is 11.4 Å². The maximum Gasteiger partial charge on any atom is 0.416 e. The average molecular weight is 284 g/mol. The van der Waals surface area contributed by atoms with Crippen LogP contribution in [0.25, 0.3) is 0 Å². The summed E-state index contributed by atoms with van der Waals surface area (Å²) in [7, 11) is 1.94. The van der Waals surface area contributed by atoms with Crippen molar-refractivity contribution in [1.82, 2.24) is 0 Å². The molecular weight excluding hydrogens is 265 g/mol. The van der Waals surface area contributed by atoms with Gasteiger partial charge in [-0.2, -0.15) is 13.2 Å². The van der Waals surface area contributed by atoms with E-state index >= 15 is 0 Å². The van der Waals surface area contributed by atoms with Gasteiger partial charge >= 0.3 is 6.18 Å². The van der Waals surface area contributed by atoms with Crippen molar-refractivity contribution in [3.8, 4) is 0 Å². The van der Waals surface area contributed by atoms with E-state index in [1.165, 1.54) is 12.5 Å². The number of fused-ring (bicyclic) bond motifs is 1. The maximum atomic E-state index is 12.9. The van der Waals surface area contributed by atoms with Crippen LogP contribution in [0.15, 0.2) is 18.2 Å². The first-order valence-corrected chi connectivity index (χ1v) is 7.11. The number of halogens is 3. The molecule has 0 bridgehead atoms. The van der Waals surface area contributed by atoms with Gasteiger partial charge in [0.05, 0.1) is 22.5 Å². The quantitative estimate of drug-likeness (QED) is 0.765. The first-order chi connectivity index (χ1) is 9.42. The number of benzene rings is 1. The molecule has 2 aliphatic rings. The molecule has 0 unspecified atom stereocenters. The van der Waals surface area contributed by atoms with Gasteiger partial charge in [-0.1, -0.05) is 19.3 Å². The Morgan fingerprint density at radius 3 is 2.50 bits per heavy atom. The molecule has 0 atom stereocenters. The Kier molecular flexibility index (Phi) is 3.10. The molecule has 1 spiro atoms. The average Bonchev–Trinajstić information content (AvgIpc) is 2.43. The largest absolute Gasteiger partial charge is 0.416 e. The van der Waals surface area contributed by atoms with Gasteiger partial charge in [0, 0.05) is 13.6 Å². The van der Waals surface area contributed by atoms with E-state index in [2.05, 4.69) is 10.2 Å². The second-order valence-electron chi connectivity index (χ2n) is 5.93. The minimum absolute atomic E-state index is 0.0184. The number of nitrogens with zero attached hydrogens (tertiary/aromatic N) is 1. The van der Waals surface area contributed by atoms with Gasteiger partial charge in [-0.3, -0.25) is 0 Å². The zero-order valence-corrected chi connectivity index (χ0v) is 11.6. The fraction of sp³-hybridized carbons (Fsp3) is 0.600. The van der Waals surface area contributed by atoms with Crippen LogP contribution < -0.4 is 10.2 Å². The lowest BCUT2D eigenvalue weighted by Crippen LogP contribution is -2.55. The number of hydrogen-bond donors (Lipinski definition) is 1. The molecule has 1 aliphatic carbocycles.